The van der Waals surface area contributed by atoms with Gasteiger partial charge in [-0.3, -0.25) is 9.69 Å². The van der Waals surface area contributed by atoms with E-state index in [4.69, 9.17) is 4.74 Å². The van der Waals surface area contributed by atoms with E-state index in [9.17, 15) is 4.79 Å². The minimum absolute atomic E-state index is 0.171. The Morgan fingerprint density at radius 1 is 1.33 bits per heavy atom. The molecule has 0 aromatic heterocycles. The zero-order valence-electron chi connectivity index (χ0n) is 12.2. The fraction of sp³-hybridized carbons (Fsp3) is 0.923. The van der Waals surface area contributed by atoms with Gasteiger partial charge in [-0.15, -0.1) is 0 Å². The monoisotopic (exact) mass is 257 g/mol. The summed E-state index contributed by atoms with van der Waals surface area (Å²) in [5, 5.41) is 3.33. The van der Waals surface area contributed by atoms with Gasteiger partial charge in [0.2, 0.25) is 0 Å². The van der Waals surface area contributed by atoms with E-state index in [1.165, 1.54) is 7.11 Å². The van der Waals surface area contributed by atoms with Crippen LogP contribution in [0.15, 0.2) is 0 Å². The number of hydrogen-bond donors (Lipinski definition) is 1. The summed E-state index contributed by atoms with van der Waals surface area (Å²) in [6, 6.07) is 0. The molecule has 0 saturated carbocycles. The molecule has 0 amide bonds. The molecule has 0 bridgehead atoms. The van der Waals surface area contributed by atoms with Crippen molar-refractivity contribution in [1.29, 1.82) is 0 Å². The van der Waals surface area contributed by atoms with Crippen LogP contribution in [-0.4, -0.2) is 74.7 Å². The molecule has 1 fully saturated rings. The Morgan fingerprint density at radius 2 is 1.94 bits per heavy atom. The maximum absolute atomic E-state index is 12.0. The number of likely N-dealkylation sites (N-methyl/N-ethyl adjacent to an activating group) is 1. The van der Waals surface area contributed by atoms with Crippen molar-refractivity contribution in [1.82, 2.24) is 15.1 Å². The van der Waals surface area contributed by atoms with Crippen molar-refractivity contribution in [3.8, 4) is 0 Å². The molecule has 1 saturated heterocycles. The van der Waals surface area contributed by atoms with Gasteiger partial charge in [0.25, 0.3) is 0 Å². The van der Waals surface area contributed by atoms with Gasteiger partial charge in [-0.25, -0.2) is 0 Å². The molecule has 1 unspecified atom stereocenters. The molecule has 1 N–H and O–H groups in total. The number of nitrogens with one attached hydrogen (secondary N) is 1. The Labute approximate surface area is 110 Å². The summed E-state index contributed by atoms with van der Waals surface area (Å²) in [6.45, 7) is 9.73. The van der Waals surface area contributed by atoms with Crippen molar-refractivity contribution in [3.63, 3.8) is 0 Å². The summed E-state index contributed by atoms with van der Waals surface area (Å²) < 4.78 is 4.94. The molecule has 0 spiro atoms. The largest absolute Gasteiger partial charge is 0.468 e. The van der Waals surface area contributed by atoms with Crippen molar-refractivity contribution in [2.45, 2.75) is 25.8 Å². The molecule has 1 heterocycles. The second-order valence-corrected chi connectivity index (χ2v) is 5.33. The Kier molecular flexibility index (Phi) is 6.05. The van der Waals surface area contributed by atoms with Gasteiger partial charge in [0.15, 0.2) is 0 Å². The fourth-order valence-electron chi connectivity index (χ4n) is 2.27. The summed E-state index contributed by atoms with van der Waals surface area (Å²) in [7, 11) is 3.59. The lowest BCUT2D eigenvalue weighted by Crippen LogP contribution is -2.60. The summed E-state index contributed by atoms with van der Waals surface area (Å²) in [4.78, 5) is 16.6. The van der Waals surface area contributed by atoms with Gasteiger partial charge in [0.1, 0.15) is 5.54 Å². The number of nitrogens with zero attached hydrogens (tertiary/aromatic N) is 2. The van der Waals surface area contributed by atoms with E-state index in [1.54, 1.807) is 0 Å². The summed E-state index contributed by atoms with van der Waals surface area (Å²) in [6.07, 6.45) is 1.01. The lowest BCUT2D eigenvalue weighted by atomic mass is 10.0. The van der Waals surface area contributed by atoms with Gasteiger partial charge in [-0.1, -0.05) is 6.92 Å². The van der Waals surface area contributed by atoms with E-state index in [1.807, 2.05) is 6.92 Å². The highest BCUT2D eigenvalue weighted by Gasteiger charge is 2.36. The third kappa shape index (κ3) is 4.23. The number of ether oxygens (including phenoxy) is 1. The average Bonchev–Trinajstić information content (AvgIpc) is 2.38. The van der Waals surface area contributed by atoms with Crippen LogP contribution in [0, 0.1) is 0 Å². The van der Waals surface area contributed by atoms with Crippen LogP contribution in [0.4, 0.5) is 0 Å². The second kappa shape index (κ2) is 7.07. The fourth-order valence-corrected chi connectivity index (χ4v) is 2.27. The number of carbonyl (C=O) groups excluding carboxylic acids is 1. The number of carbonyl (C=O) groups is 1. The normalized spacial score (nSPS) is 21.6. The first-order valence-corrected chi connectivity index (χ1v) is 6.76. The molecule has 106 valence electrons. The Morgan fingerprint density at radius 3 is 2.44 bits per heavy atom. The van der Waals surface area contributed by atoms with E-state index in [-0.39, 0.29) is 5.97 Å². The van der Waals surface area contributed by atoms with Crippen molar-refractivity contribution in [3.05, 3.63) is 0 Å². The van der Waals surface area contributed by atoms with Crippen LogP contribution in [0.5, 0.6) is 0 Å². The van der Waals surface area contributed by atoms with Crippen LogP contribution < -0.4 is 5.32 Å². The van der Waals surface area contributed by atoms with E-state index < -0.39 is 5.54 Å². The molecule has 0 radical (unpaired) electrons. The average molecular weight is 257 g/mol. The maximum atomic E-state index is 12.0. The van der Waals surface area contributed by atoms with Gasteiger partial charge in [0.05, 0.1) is 7.11 Å². The predicted octanol–water partition coefficient (Wildman–Crippen LogP) is 0.165. The quantitative estimate of drug-likeness (QED) is 0.687. The van der Waals surface area contributed by atoms with Crippen LogP contribution >= 0.6 is 0 Å². The predicted molar refractivity (Wildman–Crippen MR) is 72.7 cm³/mol. The molecule has 0 aromatic carbocycles. The number of hydrogen-bond acceptors (Lipinski definition) is 5. The SMILES string of the molecule is CCCNC(C)(CN1CCN(C)CC1)C(=O)OC. The summed E-state index contributed by atoms with van der Waals surface area (Å²) in [5.74, 6) is -0.171. The Balaban J connectivity index is 2.57. The Bertz CT molecular complexity index is 265. The standard InChI is InChI=1S/C13H27N3O2/c1-5-6-14-13(2,12(17)18-4)11-16-9-7-15(3)8-10-16/h14H,5-11H2,1-4H3. The first-order chi connectivity index (χ1) is 8.51. The van der Waals surface area contributed by atoms with Gasteiger partial charge >= 0.3 is 5.97 Å². The summed E-state index contributed by atoms with van der Waals surface area (Å²) in [5.41, 5.74) is -0.597. The van der Waals surface area contributed by atoms with Crippen molar-refractivity contribution in [2.24, 2.45) is 0 Å². The molecule has 1 aliphatic heterocycles. The topological polar surface area (TPSA) is 44.8 Å². The third-order valence-corrected chi connectivity index (χ3v) is 3.54. The van der Waals surface area contributed by atoms with Crippen LogP contribution in [0.2, 0.25) is 0 Å². The molecule has 5 nitrogen and oxygen atoms in total. The van der Waals surface area contributed by atoms with Crippen LogP contribution in [-0.2, 0) is 9.53 Å². The molecular weight excluding hydrogens is 230 g/mol. The van der Waals surface area contributed by atoms with Crippen LogP contribution in [0.25, 0.3) is 0 Å². The molecular formula is C13H27N3O2. The first-order valence-electron chi connectivity index (χ1n) is 6.76. The van der Waals surface area contributed by atoms with Gasteiger partial charge in [-0.2, -0.15) is 0 Å². The highest BCUT2D eigenvalue weighted by atomic mass is 16.5. The highest BCUT2D eigenvalue weighted by Crippen LogP contribution is 2.11. The van der Waals surface area contributed by atoms with Gasteiger partial charge in [-0.05, 0) is 26.9 Å². The van der Waals surface area contributed by atoms with E-state index in [0.29, 0.717) is 6.54 Å². The van der Waals surface area contributed by atoms with Crippen molar-refractivity contribution in [2.75, 3.05) is 53.4 Å². The molecule has 0 aromatic rings. The zero-order valence-corrected chi connectivity index (χ0v) is 12.2. The van der Waals surface area contributed by atoms with Gasteiger partial charge in [0, 0.05) is 32.7 Å². The number of piperazine rings is 1. The molecule has 18 heavy (non-hydrogen) atoms. The zero-order chi connectivity index (χ0) is 13.6. The Hall–Kier alpha value is -0.650. The number of rotatable bonds is 6. The van der Waals surface area contributed by atoms with E-state index in [2.05, 4.69) is 29.1 Å². The maximum Gasteiger partial charge on any atom is 0.327 e. The highest BCUT2D eigenvalue weighted by molar-refractivity contribution is 5.80. The van der Waals surface area contributed by atoms with E-state index >= 15 is 0 Å². The molecule has 5 heteroatoms. The smallest absolute Gasteiger partial charge is 0.327 e. The number of methoxy groups -OCH3 is 1. The van der Waals surface area contributed by atoms with E-state index in [0.717, 1.165) is 39.1 Å². The lowest BCUT2D eigenvalue weighted by Gasteiger charge is -2.38. The molecule has 0 aliphatic carbocycles. The number of esters is 1. The third-order valence-electron chi connectivity index (χ3n) is 3.54. The lowest BCUT2D eigenvalue weighted by molar-refractivity contribution is -0.149. The second-order valence-electron chi connectivity index (χ2n) is 5.33. The van der Waals surface area contributed by atoms with Gasteiger partial charge < -0.3 is 15.0 Å². The summed E-state index contributed by atoms with van der Waals surface area (Å²) >= 11 is 0. The van der Waals surface area contributed by atoms with Crippen LogP contribution in [0.1, 0.15) is 20.3 Å². The first kappa shape index (κ1) is 15.4. The van der Waals surface area contributed by atoms with Crippen LogP contribution in [0.3, 0.4) is 0 Å². The molecule has 1 atom stereocenters. The molecule has 1 rings (SSSR count). The molecule has 1 aliphatic rings. The minimum Gasteiger partial charge on any atom is -0.468 e. The van der Waals surface area contributed by atoms with Crippen molar-refractivity contribution < 1.29 is 9.53 Å². The minimum atomic E-state index is -0.597. The van der Waals surface area contributed by atoms with Crippen molar-refractivity contribution >= 4 is 5.97 Å².